The van der Waals surface area contributed by atoms with Crippen molar-refractivity contribution >= 4 is 61.4 Å². The van der Waals surface area contributed by atoms with Crippen LogP contribution in [0, 0.1) is 0 Å². The molecule has 8 rings (SSSR count). The van der Waals surface area contributed by atoms with Crippen LogP contribution in [0.15, 0.2) is 60.9 Å². The summed E-state index contributed by atoms with van der Waals surface area (Å²) >= 11 is 0. The number of aromatic nitrogens is 10. The molecule has 0 bridgehead atoms. The van der Waals surface area contributed by atoms with Crippen LogP contribution in [0.3, 0.4) is 0 Å². The number of H-pyrrole nitrogens is 4. The Balaban J connectivity index is 0.000000155. The quantitative estimate of drug-likeness (QED) is 0.120. The third-order valence-electron chi connectivity index (χ3n) is 8.34. The zero-order valence-electron chi connectivity index (χ0n) is 27.3. The molecular formula is C34H36N14O. The summed E-state index contributed by atoms with van der Waals surface area (Å²) in [5, 5.41) is 19.0. The predicted octanol–water partition coefficient (Wildman–Crippen LogP) is 4.64. The maximum Gasteiger partial charge on any atom is 0.219 e. The van der Waals surface area contributed by atoms with Crippen molar-refractivity contribution in [3.8, 4) is 22.5 Å². The number of nitrogens with zero attached hydrogens (tertiary/aromatic N) is 7. The van der Waals surface area contributed by atoms with E-state index in [0.29, 0.717) is 42.6 Å². The molecule has 15 nitrogen and oxygen atoms in total. The Kier molecular flexibility index (Phi) is 8.32. The second-order valence-electron chi connectivity index (χ2n) is 11.5. The Bertz CT molecular complexity index is 2410. The number of carbonyl (C=O) groups is 1. The van der Waals surface area contributed by atoms with E-state index in [9.17, 15) is 4.79 Å². The van der Waals surface area contributed by atoms with E-state index < -0.39 is 0 Å². The van der Waals surface area contributed by atoms with Crippen LogP contribution in [-0.4, -0.2) is 74.2 Å². The van der Waals surface area contributed by atoms with Gasteiger partial charge in [0.15, 0.2) is 0 Å². The minimum Gasteiger partial charge on any atom is -0.382 e. The first-order chi connectivity index (χ1) is 23.8. The number of rotatable bonds is 8. The number of amides is 1. The number of nitrogens with one attached hydrogen (secondary N) is 5. The fourth-order valence-corrected chi connectivity index (χ4v) is 5.82. The Morgan fingerprint density at radius 3 is 1.76 bits per heavy atom. The molecule has 2 aromatic carbocycles. The van der Waals surface area contributed by atoms with Gasteiger partial charge in [-0.15, -0.1) is 0 Å². The number of carbonyl (C=O) groups excluding carboxylic acids is 1. The molecule has 0 fully saturated rings. The van der Waals surface area contributed by atoms with Gasteiger partial charge in [0.25, 0.3) is 0 Å². The summed E-state index contributed by atoms with van der Waals surface area (Å²) < 4.78 is 0. The lowest BCUT2D eigenvalue weighted by Gasteiger charge is -2.16. The van der Waals surface area contributed by atoms with E-state index in [1.165, 1.54) is 0 Å². The van der Waals surface area contributed by atoms with Gasteiger partial charge < -0.3 is 31.7 Å². The lowest BCUT2D eigenvalue weighted by atomic mass is 10.1. The monoisotopic (exact) mass is 656 g/mol. The van der Waals surface area contributed by atoms with Crippen molar-refractivity contribution in [2.75, 3.05) is 24.6 Å². The number of hydrogen-bond acceptors (Lipinski definition) is 10. The van der Waals surface area contributed by atoms with Crippen molar-refractivity contribution in [3.63, 3.8) is 0 Å². The van der Waals surface area contributed by atoms with E-state index in [1.807, 2.05) is 55.5 Å². The van der Waals surface area contributed by atoms with E-state index >= 15 is 0 Å². The summed E-state index contributed by atoms with van der Waals surface area (Å²) in [6.07, 6.45) is 3.43. The zero-order chi connectivity index (χ0) is 34.1. The molecule has 0 aliphatic heterocycles. The minimum atomic E-state index is 0.00751. The molecule has 0 atom stereocenters. The Labute approximate surface area is 279 Å². The van der Waals surface area contributed by atoms with Gasteiger partial charge in [-0.3, -0.25) is 15.0 Å². The zero-order valence-corrected chi connectivity index (χ0v) is 27.3. The second kappa shape index (κ2) is 13.0. The highest BCUT2D eigenvalue weighted by atomic mass is 16.2. The maximum atomic E-state index is 11.7. The summed E-state index contributed by atoms with van der Waals surface area (Å²) in [6, 6.07) is 15.8. The summed E-state index contributed by atoms with van der Waals surface area (Å²) in [7, 11) is 0. The summed E-state index contributed by atoms with van der Waals surface area (Å²) in [4.78, 5) is 38.2. The largest absolute Gasteiger partial charge is 0.382 e. The van der Waals surface area contributed by atoms with Crippen LogP contribution in [0.2, 0.25) is 0 Å². The van der Waals surface area contributed by atoms with E-state index in [4.69, 9.17) is 11.5 Å². The lowest BCUT2D eigenvalue weighted by Crippen LogP contribution is -2.28. The summed E-state index contributed by atoms with van der Waals surface area (Å²) in [5.41, 5.74) is 20.8. The van der Waals surface area contributed by atoms with Gasteiger partial charge in [-0.1, -0.05) is 19.1 Å². The van der Waals surface area contributed by atoms with Crippen molar-refractivity contribution in [2.45, 2.75) is 33.9 Å². The molecule has 8 aromatic rings. The summed E-state index contributed by atoms with van der Waals surface area (Å²) in [6.45, 7) is 8.14. The van der Waals surface area contributed by atoms with E-state index in [-0.39, 0.29) is 5.91 Å². The SMILES string of the molecule is CCN(Cc1nc2c([nH]1)c(N)nc1cc(-c3ccn[nH]3)ccc12)C(C)=O.CCNCc1nc2c([nH]1)c(N)nc1cc(-c3ccn[nH]3)ccc12. The number of anilines is 2. The second-order valence-corrected chi connectivity index (χ2v) is 11.5. The topological polar surface area (TPSA) is 225 Å². The Hall–Kier alpha value is -6.35. The molecule has 0 saturated heterocycles. The van der Waals surface area contributed by atoms with Crippen LogP contribution in [0.4, 0.5) is 11.6 Å². The molecular weight excluding hydrogens is 620 g/mol. The van der Waals surface area contributed by atoms with Crippen molar-refractivity contribution in [1.29, 1.82) is 0 Å². The van der Waals surface area contributed by atoms with Crippen LogP contribution >= 0.6 is 0 Å². The predicted molar refractivity (Wildman–Crippen MR) is 191 cm³/mol. The van der Waals surface area contributed by atoms with Gasteiger partial charge >= 0.3 is 0 Å². The first-order valence-corrected chi connectivity index (χ1v) is 15.9. The Morgan fingerprint density at radius 2 is 1.29 bits per heavy atom. The molecule has 9 N–H and O–H groups in total. The van der Waals surface area contributed by atoms with Crippen LogP contribution < -0.4 is 16.8 Å². The highest BCUT2D eigenvalue weighted by molar-refractivity contribution is 6.08. The van der Waals surface area contributed by atoms with Gasteiger partial charge in [-0.2, -0.15) is 10.2 Å². The lowest BCUT2D eigenvalue weighted by molar-refractivity contribution is -0.129. The highest BCUT2D eigenvalue weighted by Gasteiger charge is 2.16. The molecule has 6 heterocycles. The smallest absolute Gasteiger partial charge is 0.219 e. The van der Waals surface area contributed by atoms with Crippen molar-refractivity contribution < 1.29 is 4.79 Å². The highest BCUT2D eigenvalue weighted by Crippen LogP contribution is 2.31. The molecule has 0 spiro atoms. The van der Waals surface area contributed by atoms with E-state index in [1.54, 1.807) is 24.2 Å². The summed E-state index contributed by atoms with van der Waals surface area (Å²) in [5.74, 6) is 2.41. The standard InChI is InChI=1S/C18H19N7O.C16H17N7/c1-3-25(10(2)26)9-15-22-16-12-5-4-11(13-6-7-20-24-13)8-14(12)21-18(19)17(16)23-15;1-2-18-8-13-21-14-10-4-3-9(11-5-6-19-23-11)7-12(10)20-16(17)15(14)22-13/h4-8H,3,9H2,1-2H3,(H2,19,21)(H,20,24)(H,22,23);3-7,18H,2,8H2,1H3,(H2,17,20)(H,19,23)(H,21,22). The van der Waals surface area contributed by atoms with Gasteiger partial charge in [-0.25, -0.2) is 19.9 Å². The fourth-order valence-electron chi connectivity index (χ4n) is 5.82. The molecule has 15 heteroatoms. The van der Waals surface area contributed by atoms with Crippen molar-refractivity contribution in [3.05, 3.63) is 72.6 Å². The number of nitrogens with two attached hydrogens (primary N) is 2. The number of pyridine rings is 2. The minimum absolute atomic E-state index is 0.00751. The molecule has 248 valence electrons. The van der Waals surface area contributed by atoms with Gasteiger partial charge in [0.2, 0.25) is 5.91 Å². The number of imidazole rings is 2. The number of hydrogen-bond donors (Lipinski definition) is 7. The van der Waals surface area contributed by atoms with Gasteiger partial charge in [0, 0.05) is 47.8 Å². The third-order valence-corrected chi connectivity index (χ3v) is 8.34. The van der Waals surface area contributed by atoms with Crippen LogP contribution in [0.5, 0.6) is 0 Å². The number of nitrogen functional groups attached to an aromatic ring is 2. The molecule has 0 radical (unpaired) electrons. The number of benzene rings is 2. The fraction of sp³-hybridized carbons (Fsp3) is 0.206. The third kappa shape index (κ3) is 6.09. The van der Waals surface area contributed by atoms with Gasteiger partial charge in [-0.05, 0) is 49.9 Å². The van der Waals surface area contributed by atoms with Crippen LogP contribution in [0.25, 0.3) is 66.4 Å². The van der Waals surface area contributed by atoms with Crippen molar-refractivity contribution in [1.82, 2.24) is 60.5 Å². The number of aromatic amines is 4. The van der Waals surface area contributed by atoms with Crippen LogP contribution in [-0.2, 0) is 17.9 Å². The molecule has 0 aliphatic rings. The first-order valence-electron chi connectivity index (χ1n) is 15.9. The molecule has 0 unspecified atom stereocenters. The molecule has 0 saturated carbocycles. The molecule has 0 aliphatic carbocycles. The maximum absolute atomic E-state index is 11.7. The van der Waals surface area contributed by atoms with Crippen molar-refractivity contribution in [2.24, 2.45) is 0 Å². The van der Waals surface area contributed by atoms with E-state index in [2.05, 4.69) is 62.5 Å². The average molecular weight is 657 g/mol. The number of fused-ring (bicyclic) bond motifs is 6. The van der Waals surface area contributed by atoms with Gasteiger partial charge in [0.1, 0.15) is 45.4 Å². The molecule has 49 heavy (non-hydrogen) atoms. The average Bonchev–Trinajstić information content (AvgIpc) is 3.93. The van der Waals surface area contributed by atoms with Crippen LogP contribution in [0.1, 0.15) is 32.4 Å². The molecule has 1 amide bonds. The normalized spacial score (nSPS) is 11.4. The first kappa shape index (κ1) is 31.3. The Morgan fingerprint density at radius 1 is 0.755 bits per heavy atom. The van der Waals surface area contributed by atoms with Gasteiger partial charge in [0.05, 0.1) is 35.5 Å². The van der Waals surface area contributed by atoms with E-state index in [0.717, 1.165) is 73.2 Å². The molecule has 6 aromatic heterocycles.